The third-order valence-corrected chi connectivity index (χ3v) is 6.87. The second-order valence-corrected chi connectivity index (χ2v) is 9.81. The Kier molecular flexibility index (Phi) is 9.11. The Morgan fingerprint density at radius 1 is 1.00 bits per heavy atom. The monoisotopic (exact) mass is 562 g/mol. The van der Waals surface area contributed by atoms with Crippen LogP contribution in [0.5, 0.6) is 17.2 Å². The van der Waals surface area contributed by atoms with Crippen molar-refractivity contribution in [1.29, 1.82) is 0 Å². The van der Waals surface area contributed by atoms with E-state index in [1.807, 2.05) is 25.1 Å². The summed E-state index contributed by atoms with van der Waals surface area (Å²) in [6.07, 6.45) is 2.43. The molecule has 208 valence electrons. The molecule has 1 fully saturated rings. The Morgan fingerprint density at radius 3 is 2.40 bits per heavy atom. The molecule has 1 N–H and O–H groups in total. The first-order chi connectivity index (χ1) is 19.2. The number of carbonyl (C=O) groups is 3. The summed E-state index contributed by atoms with van der Waals surface area (Å²) in [4.78, 5) is 39.2. The number of hydrogen-bond acceptors (Lipinski definition) is 6. The molecule has 0 radical (unpaired) electrons. The van der Waals surface area contributed by atoms with Gasteiger partial charge < -0.3 is 14.2 Å². The number of nitrogens with one attached hydrogen (secondary N) is 1. The number of hydrogen-bond donors (Lipinski definition) is 1. The van der Waals surface area contributed by atoms with Gasteiger partial charge in [-0.1, -0.05) is 49.7 Å². The van der Waals surface area contributed by atoms with Gasteiger partial charge in [-0.2, -0.15) is 0 Å². The molecule has 1 saturated heterocycles. The summed E-state index contributed by atoms with van der Waals surface area (Å²) in [5, 5.41) is 2.44. The molecule has 0 aliphatic carbocycles. The van der Waals surface area contributed by atoms with E-state index in [2.05, 4.69) is 31.3 Å². The first-order valence-electron chi connectivity index (χ1n) is 12.9. The van der Waals surface area contributed by atoms with Crippen LogP contribution in [0.25, 0.3) is 6.08 Å². The Morgan fingerprint density at radius 2 is 1.73 bits per heavy atom. The zero-order valence-corrected chi connectivity index (χ0v) is 23.6. The van der Waals surface area contributed by atoms with Crippen molar-refractivity contribution in [3.05, 3.63) is 87.9 Å². The van der Waals surface area contributed by atoms with Crippen LogP contribution in [0.15, 0.2) is 66.2 Å². The summed E-state index contributed by atoms with van der Waals surface area (Å²) in [6.45, 7) is 6.67. The van der Waals surface area contributed by atoms with E-state index < -0.39 is 17.8 Å². The van der Waals surface area contributed by atoms with Gasteiger partial charge in [0.25, 0.3) is 11.8 Å². The van der Waals surface area contributed by atoms with Crippen molar-refractivity contribution in [3.8, 4) is 17.2 Å². The van der Waals surface area contributed by atoms with Crippen LogP contribution in [0.4, 0.5) is 10.5 Å². The molecular weight excluding hydrogens is 532 g/mol. The van der Waals surface area contributed by atoms with Crippen LogP contribution in [0.2, 0.25) is 5.02 Å². The van der Waals surface area contributed by atoms with Gasteiger partial charge in [-0.15, -0.1) is 0 Å². The molecule has 1 aliphatic rings. The zero-order valence-electron chi connectivity index (χ0n) is 22.8. The molecule has 0 bridgehead atoms. The van der Waals surface area contributed by atoms with E-state index in [1.54, 1.807) is 30.3 Å². The van der Waals surface area contributed by atoms with Gasteiger partial charge >= 0.3 is 6.03 Å². The fourth-order valence-electron chi connectivity index (χ4n) is 4.22. The zero-order chi connectivity index (χ0) is 28.8. The molecule has 3 aromatic carbocycles. The molecule has 1 unspecified atom stereocenters. The van der Waals surface area contributed by atoms with E-state index in [-0.39, 0.29) is 23.8 Å². The predicted octanol–water partition coefficient (Wildman–Crippen LogP) is 6.29. The predicted molar refractivity (Wildman–Crippen MR) is 154 cm³/mol. The third-order valence-electron chi connectivity index (χ3n) is 6.58. The molecular formula is C31H31ClN2O6. The largest absolute Gasteiger partial charge is 0.493 e. The van der Waals surface area contributed by atoms with Gasteiger partial charge in [0.05, 0.1) is 17.8 Å². The maximum absolute atomic E-state index is 13.2. The Labute approximate surface area is 238 Å². The number of ether oxygens (including phenoxy) is 3. The Bertz CT molecular complexity index is 1450. The number of urea groups is 1. The lowest BCUT2D eigenvalue weighted by Crippen LogP contribution is -2.54. The summed E-state index contributed by atoms with van der Waals surface area (Å²) < 4.78 is 17.1. The molecule has 4 rings (SSSR count). The fraction of sp³-hybridized carbons (Fsp3) is 0.258. The van der Waals surface area contributed by atoms with Crippen molar-refractivity contribution in [2.75, 3.05) is 25.2 Å². The summed E-state index contributed by atoms with van der Waals surface area (Å²) >= 11 is 6.50. The molecule has 1 atom stereocenters. The quantitative estimate of drug-likeness (QED) is 0.177. The molecule has 0 spiro atoms. The van der Waals surface area contributed by atoms with Crippen molar-refractivity contribution < 1.29 is 28.6 Å². The lowest BCUT2D eigenvalue weighted by Gasteiger charge is -2.26. The van der Waals surface area contributed by atoms with Crippen molar-refractivity contribution >= 4 is 41.2 Å². The summed E-state index contributed by atoms with van der Waals surface area (Å²) in [5.74, 6) is 0.299. The Hall–Kier alpha value is -4.30. The second kappa shape index (κ2) is 12.7. The second-order valence-electron chi connectivity index (χ2n) is 9.41. The molecule has 40 heavy (non-hydrogen) atoms. The number of carbonyl (C=O) groups excluding carboxylic acids is 3. The minimum Gasteiger partial charge on any atom is -0.493 e. The fourth-order valence-corrected chi connectivity index (χ4v) is 4.49. The topological polar surface area (TPSA) is 94.2 Å². The highest BCUT2D eigenvalue weighted by Crippen LogP contribution is 2.37. The van der Waals surface area contributed by atoms with Crippen LogP contribution < -0.4 is 24.4 Å². The number of halogens is 1. The SMILES string of the molecule is CCC(C)c1ccc(OCCOc2c(Cl)cc(C=C3C(=O)NC(=O)N(c4cccc(C)c4)C3=O)cc2OC)cc1. The van der Waals surface area contributed by atoms with Crippen LogP contribution >= 0.6 is 11.6 Å². The van der Waals surface area contributed by atoms with E-state index in [0.29, 0.717) is 28.7 Å². The first kappa shape index (κ1) is 28.7. The van der Waals surface area contributed by atoms with Gasteiger partial charge in [0, 0.05) is 0 Å². The number of aryl methyl sites for hydroxylation is 1. The van der Waals surface area contributed by atoms with Crippen molar-refractivity contribution in [3.63, 3.8) is 0 Å². The van der Waals surface area contributed by atoms with E-state index >= 15 is 0 Å². The molecule has 8 nitrogen and oxygen atoms in total. The summed E-state index contributed by atoms with van der Waals surface area (Å²) in [6, 6.07) is 17.2. The van der Waals surface area contributed by atoms with Crippen LogP contribution in [-0.2, 0) is 9.59 Å². The first-order valence-corrected chi connectivity index (χ1v) is 13.3. The lowest BCUT2D eigenvalue weighted by atomic mass is 9.99. The minimum atomic E-state index is -0.814. The average molecular weight is 563 g/mol. The molecule has 1 aliphatic heterocycles. The number of barbiturate groups is 1. The third kappa shape index (κ3) is 6.46. The van der Waals surface area contributed by atoms with Crippen molar-refractivity contribution in [2.45, 2.75) is 33.1 Å². The van der Waals surface area contributed by atoms with Gasteiger partial charge in [0.2, 0.25) is 0 Å². The van der Waals surface area contributed by atoms with E-state index in [0.717, 1.165) is 22.6 Å². The van der Waals surface area contributed by atoms with Gasteiger partial charge in [0.1, 0.15) is 24.5 Å². The highest BCUT2D eigenvalue weighted by Gasteiger charge is 2.37. The molecule has 0 aromatic heterocycles. The van der Waals surface area contributed by atoms with Gasteiger partial charge in [-0.05, 0) is 78.4 Å². The smallest absolute Gasteiger partial charge is 0.335 e. The highest BCUT2D eigenvalue weighted by molar-refractivity contribution is 6.39. The minimum absolute atomic E-state index is 0.206. The Balaban J connectivity index is 1.47. The van der Waals surface area contributed by atoms with Crippen molar-refractivity contribution in [1.82, 2.24) is 5.32 Å². The van der Waals surface area contributed by atoms with Crippen LogP contribution in [0, 0.1) is 6.92 Å². The van der Waals surface area contributed by atoms with Gasteiger partial charge in [0.15, 0.2) is 11.5 Å². The maximum Gasteiger partial charge on any atom is 0.335 e. The number of nitrogens with zero attached hydrogens (tertiary/aromatic N) is 1. The summed E-state index contributed by atoms with van der Waals surface area (Å²) in [5.41, 5.74) is 2.68. The van der Waals surface area contributed by atoms with Crippen LogP contribution in [0.1, 0.15) is 42.9 Å². The van der Waals surface area contributed by atoms with Gasteiger partial charge in [-0.25, -0.2) is 9.69 Å². The standard InChI is InChI=1S/C31H31ClN2O6/c1-5-20(3)22-9-11-24(12-10-22)39-13-14-40-28-26(32)17-21(18-27(28)38-4)16-25-29(35)33-31(37)34(30(25)36)23-8-6-7-19(2)15-23/h6-12,15-18,20H,5,13-14H2,1-4H3,(H,33,35,37). The van der Waals surface area contributed by atoms with E-state index in [1.165, 1.54) is 18.7 Å². The molecule has 4 amide bonds. The molecule has 9 heteroatoms. The highest BCUT2D eigenvalue weighted by atomic mass is 35.5. The maximum atomic E-state index is 13.2. The molecule has 1 heterocycles. The average Bonchev–Trinajstić information content (AvgIpc) is 2.93. The lowest BCUT2D eigenvalue weighted by molar-refractivity contribution is -0.122. The number of amides is 4. The number of methoxy groups -OCH3 is 1. The normalized spacial score (nSPS) is 15.2. The number of anilines is 1. The van der Waals surface area contributed by atoms with Crippen LogP contribution in [0.3, 0.4) is 0 Å². The number of benzene rings is 3. The number of imide groups is 2. The van der Waals surface area contributed by atoms with E-state index in [9.17, 15) is 14.4 Å². The number of rotatable bonds is 10. The van der Waals surface area contributed by atoms with Crippen LogP contribution in [-0.4, -0.2) is 38.2 Å². The van der Waals surface area contributed by atoms with Gasteiger partial charge in [-0.3, -0.25) is 14.9 Å². The van der Waals surface area contributed by atoms with Crippen molar-refractivity contribution in [2.24, 2.45) is 0 Å². The van der Waals surface area contributed by atoms with E-state index in [4.69, 9.17) is 25.8 Å². The summed E-state index contributed by atoms with van der Waals surface area (Å²) in [7, 11) is 1.46. The molecule has 0 saturated carbocycles. The molecule has 3 aromatic rings.